The number of aryl methyl sites for hydroxylation is 3. The van der Waals surface area contributed by atoms with Gasteiger partial charge in [0.2, 0.25) is 11.8 Å². The lowest BCUT2D eigenvalue weighted by molar-refractivity contribution is 0.363. The van der Waals surface area contributed by atoms with Crippen LogP contribution in [0.2, 0.25) is 0 Å². The summed E-state index contributed by atoms with van der Waals surface area (Å²) >= 11 is 0. The summed E-state index contributed by atoms with van der Waals surface area (Å²) < 4.78 is 45.4. The Morgan fingerprint density at radius 3 is 1.79 bits per heavy atom. The number of halogens is 2. The first-order valence-electron chi connectivity index (χ1n) is 20.4. The van der Waals surface area contributed by atoms with Gasteiger partial charge in [0, 0.05) is 31.5 Å². The number of allylic oxidation sites excluding steroid dienone is 4. The molecule has 6 heterocycles. The van der Waals surface area contributed by atoms with Gasteiger partial charge in [-0.1, -0.05) is 52.7 Å². The third kappa shape index (κ3) is 6.49. The summed E-state index contributed by atoms with van der Waals surface area (Å²) in [5.41, 5.74) is 5.90. The summed E-state index contributed by atoms with van der Waals surface area (Å²) in [6.45, 7) is 2.08. The molecule has 18 heteroatoms. The third-order valence-corrected chi connectivity index (χ3v) is 12.8. The van der Waals surface area contributed by atoms with Crippen molar-refractivity contribution in [3.05, 3.63) is 152 Å². The van der Waals surface area contributed by atoms with E-state index in [0.717, 1.165) is 29.6 Å². The Morgan fingerprint density at radius 1 is 0.746 bits per heavy atom. The van der Waals surface area contributed by atoms with Gasteiger partial charge in [0.05, 0.1) is 18.2 Å². The first-order chi connectivity index (χ1) is 30.5. The smallest absolute Gasteiger partial charge is 0.280 e. The van der Waals surface area contributed by atoms with Crippen molar-refractivity contribution >= 4 is 33.5 Å². The Kier molecular flexibility index (Phi) is 8.78. The molecule has 0 radical (unpaired) electrons. The Hall–Kier alpha value is -7.68. The Balaban J connectivity index is 0.000000141. The number of hydrogen-bond donors (Lipinski definition) is 0. The maximum Gasteiger partial charge on any atom is 0.280 e. The maximum atomic E-state index is 14.4. The highest BCUT2D eigenvalue weighted by Gasteiger charge is 2.56. The van der Waals surface area contributed by atoms with E-state index < -0.39 is 0 Å². The molecule has 0 amide bonds. The lowest BCUT2D eigenvalue weighted by atomic mass is 9.98. The van der Waals surface area contributed by atoms with Crippen LogP contribution in [0.1, 0.15) is 70.4 Å². The molecule has 0 saturated heterocycles. The van der Waals surface area contributed by atoms with E-state index in [1.165, 1.54) is 27.9 Å². The highest BCUT2D eigenvalue weighted by atomic mass is 19.1. The summed E-state index contributed by atoms with van der Waals surface area (Å²) in [5.74, 6) is 5.55. The fourth-order valence-electron chi connectivity index (χ4n) is 9.35. The second kappa shape index (κ2) is 14.5. The van der Waals surface area contributed by atoms with Crippen molar-refractivity contribution in [2.24, 2.45) is 37.8 Å². The molecule has 0 bridgehead atoms. The Labute approximate surface area is 355 Å². The van der Waals surface area contributed by atoms with Gasteiger partial charge < -0.3 is 18.2 Å². The number of rotatable bonds is 8. The lowest BCUT2D eigenvalue weighted by Crippen LogP contribution is -2.22. The number of imidazole rings is 2. The molecular weight excluding hydrogens is 811 g/mol. The molecule has 0 spiro atoms. The Bertz CT molecular complexity index is 3400. The van der Waals surface area contributed by atoms with Crippen LogP contribution in [0.4, 0.5) is 8.78 Å². The highest BCUT2D eigenvalue weighted by molar-refractivity contribution is 5.73. The highest BCUT2D eigenvalue weighted by Crippen LogP contribution is 2.63. The molecule has 63 heavy (non-hydrogen) atoms. The number of nitrogens with zero attached hydrogens (tertiary/aromatic N) is 12. The van der Waals surface area contributed by atoms with E-state index in [0.29, 0.717) is 80.6 Å². The molecule has 0 unspecified atom stereocenters. The average Bonchev–Trinajstić information content (AvgIpc) is 3.82. The summed E-state index contributed by atoms with van der Waals surface area (Å²) in [7, 11) is 3.50. The second-order valence-corrected chi connectivity index (χ2v) is 16.6. The molecule has 0 N–H and O–H groups in total. The van der Waals surface area contributed by atoms with E-state index in [1.54, 1.807) is 54.9 Å². The van der Waals surface area contributed by atoms with Gasteiger partial charge >= 0.3 is 0 Å². The van der Waals surface area contributed by atoms with Crippen LogP contribution in [0, 0.1) is 54.6 Å². The van der Waals surface area contributed by atoms with Gasteiger partial charge in [-0.15, -0.1) is 6.42 Å². The molecule has 16 nitrogen and oxygen atoms in total. The van der Waals surface area contributed by atoms with E-state index in [2.05, 4.69) is 58.3 Å². The van der Waals surface area contributed by atoms with E-state index in [1.807, 2.05) is 18.2 Å². The first-order valence-corrected chi connectivity index (χ1v) is 20.4. The quantitative estimate of drug-likeness (QED) is 0.180. The zero-order valence-electron chi connectivity index (χ0n) is 34.1. The summed E-state index contributed by atoms with van der Waals surface area (Å²) in [5, 5.41) is 8.28. The van der Waals surface area contributed by atoms with Crippen molar-refractivity contribution in [1.29, 1.82) is 0 Å². The molecule has 0 aliphatic heterocycles. The fourth-order valence-corrected chi connectivity index (χ4v) is 9.35. The third-order valence-electron chi connectivity index (χ3n) is 12.8. The monoisotopic (exact) mass is 846 g/mol. The lowest BCUT2D eigenvalue weighted by Gasteiger charge is -2.08. The first kappa shape index (κ1) is 38.3. The molecular formula is C45H36F2N12O4. The minimum absolute atomic E-state index is 0.141. The summed E-state index contributed by atoms with van der Waals surface area (Å²) in [6.07, 6.45) is 17.2. The van der Waals surface area contributed by atoms with Gasteiger partial charge in [-0.3, -0.25) is 18.7 Å². The van der Waals surface area contributed by atoms with Crippen LogP contribution in [0.5, 0.6) is 0 Å². The SMILES string of the molecule is C#Cc1ccc(C2=C[C@H]3[C@@H](C2)[C@@H]3c2noc(Cn3cnc4ncn(C)c4c3=O)n2)cc1F.Cc1cccc(C2=C[C@H]3[C@@H](C2)[C@@H]3c2noc(Cn3cnc4ncn(C)c4c3=O)n2)c1F. The molecule has 4 aliphatic rings. The zero-order valence-corrected chi connectivity index (χ0v) is 34.1. The van der Waals surface area contributed by atoms with Crippen LogP contribution in [0.3, 0.4) is 0 Å². The molecule has 6 atom stereocenters. The van der Waals surface area contributed by atoms with Gasteiger partial charge in [-0.2, -0.15) is 9.97 Å². The number of fused-ring (bicyclic) bond motifs is 4. The van der Waals surface area contributed by atoms with Crippen LogP contribution < -0.4 is 11.1 Å². The topological polar surface area (TPSA) is 183 Å². The largest absolute Gasteiger partial charge is 0.337 e. The summed E-state index contributed by atoms with van der Waals surface area (Å²) in [4.78, 5) is 51.0. The van der Waals surface area contributed by atoms with Crippen molar-refractivity contribution < 1.29 is 17.8 Å². The fraction of sp³-hybridized carbons (Fsp3) is 0.289. The number of aromatic nitrogens is 12. The van der Waals surface area contributed by atoms with E-state index >= 15 is 0 Å². The molecule has 2 aromatic carbocycles. The minimum atomic E-state index is -0.375. The van der Waals surface area contributed by atoms with Crippen molar-refractivity contribution in [1.82, 2.24) is 58.5 Å². The van der Waals surface area contributed by atoms with Gasteiger partial charge in [0.1, 0.15) is 37.4 Å². The average molecular weight is 847 g/mol. The number of benzene rings is 2. The van der Waals surface area contributed by atoms with Crippen LogP contribution in [0.15, 0.2) is 92.5 Å². The van der Waals surface area contributed by atoms with Crippen molar-refractivity contribution in [2.75, 3.05) is 0 Å². The number of terminal acetylenes is 1. The number of hydrogen-bond acceptors (Lipinski definition) is 12. The molecule has 2 fully saturated rings. The van der Waals surface area contributed by atoms with Crippen molar-refractivity contribution in [3.8, 4) is 12.3 Å². The molecule has 2 saturated carbocycles. The second-order valence-electron chi connectivity index (χ2n) is 16.6. The van der Waals surface area contributed by atoms with Gasteiger partial charge in [-0.05, 0) is 77.8 Å². The molecule has 4 aliphatic carbocycles. The van der Waals surface area contributed by atoms with Crippen molar-refractivity contribution in [2.45, 2.75) is 44.7 Å². The standard InChI is InChI=1S/C23H17FN6O2.C22H19FN6O2/c1-3-12-4-5-13(8-17(12)24)14-6-15-16(7-14)19(15)21-27-18(32-28-21)9-30-11-26-22-20(23(30)31)29(2)10-25-22;1-11-4-3-5-13(18(11)23)12-6-14-15(7-12)17(14)20-26-16(31-27-20)8-29-10-25-21-19(22(29)30)28(2)9-24-21/h1,4-6,8,10-11,15-16,19H,7,9H2,2H3;3-6,9-10,14-15,17H,7-8H2,1-2H3/t15-,16+,19+;14-,15+,17+/m00/s1. The summed E-state index contributed by atoms with van der Waals surface area (Å²) in [6, 6.07) is 10.5. The molecule has 12 rings (SSSR count). The van der Waals surface area contributed by atoms with Crippen molar-refractivity contribution in [3.63, 3.8) is 0 Å². The predicted molar refractivity (Wildman–Crippen MR) is 222 cm³/mol. The van der Waals surface area contributed by atoms with E-state index in [9.17, 15) is 18.4 Å². The Morgan fingerprint density at radius 2 is 1.29 bits per heavy atom. The van der Waals surface area contributed by atoms with Crippen LogP contribution in [0.25, 0.3) is 33.5 Å². The minimum Gasteiger partial charge on any atom is -0.337 e. The molecule has 6 aromatic heterocycles. The van der Waals surface area contributed by atoms with Crippen LogP contribution >= 0.6 is 0 Å². The predicted octanol–water partition coefficient (Wildman–Crippen LogP) is 5.32. The molecule has 8 aromatic rings. The van der Waals surface area contributed by atoms with Crippen LogP contribution in [-0.4, -0.2) is 58.5 Å². The van der Waals surface area contributed by atoms with Gasteiger partial charge in [-0.25, -0.2) is 28.7 Å². The molecule has 314 valence electrons. The van der Waals surface area contributed by atoms with E-state index in [-0.39, 0.29) is 53.2 Å². The van der Waals surface area contributed by atoms with E-state index in [4.69, 9.17) is 15.5 Å². The maximum absolute atomic E-state index is 14.4. The normalized spacial score (nSPS) is 21.7. The van der Waals surface area contributed by atoms with Gasteiger partial charge in [0.15, 0.2) is 34.0 Å². The van der Waals surface area contributed by atoms with Gasteiger partial charge in [0.25, 0.3) is 11.1 Å². The van der Waals surface area contributed by atoms with Crippen LogP contribution in [-0.2, 0) is 27.2 Å². The zero-order chi connectivity index (χ0) is 43.3.